The molecular weight excluding hydrogens is 426 g/mol. The molecular formula is C21H24ClN3O4S. The normalized spacial score (nSPS) is 15.3. The molecule has 1 fully saturated rings. The molecule has 1 aliphatic rings. The number of aromatic amines is 1. The van der Waals surface area contributed by atoms with Crippen LogP contribution in [0.5, 0.6) is 5.75 Å². The highest BCUT2D eigenvalue weighted by atomic mass is 35.5. The first kappa shape index (κ1) is 21.1. The van der Waals surface area contributed by atoms with Crippen molar-refractivity contribution >= 4 is 22.9 Å². The van der Waals surface area contributed by atoms with Gasteiger partial charge in [-0.05, 0) is 31.0 Å². The summed E-state index contributed by atoms with van der Waals surface area (Å²) in [5.41, 5.74) is 1.52. The predicted molar refractivity (Wildman–Crippen MR) is 115 cm³/mol. The third kappa shape index (κ3) is 4.94. The van der Waals surface area contributed by atoms with Crippen molar-refractivity contribution in [2.75, 3.05) is 7.11 Å². The molecule has 0 aliphatic heterocycles. The van der Waals surface area contributed by atoms with E-state index < -0.39 is 5.76 Å². The summed E-state index contributed by atoms with van der Waals surface area (Å²) in [7, 11) is 1.68. The van der Waals surface area contributed by atoms with Crippen molar-refractivity contribution in [1.82, 2.24) is 15.1 Å². The van der Waals surface area contributed by atoms with E-state index in [1.165, 1.54) is 43.5 Å². The van der Waals surface area contributed by atoms with Crippen molar-refractivity contribution in [3.63, 3.8) is 0 Å². The number of methoxy groups -OCH3 is 1. The van der Waals surface area contributed by atoms with Crippen LogP contribution < -0.4 is 10.5 Å². The number of hydrogen-bond acceptors (Lipinski definition) is 7. The van der Waals surface area contributed by atoms with Gasteiger partial charge < -0.3 is 9.47 Å². The maximum Gasteiger partial charge on any atom is 0.439 e. The zero-order valence-electron chi connectivity index (χ0n) is 16.8. The van der Waals surface area contributed by atoms with E-state index in [1.54, 1.807) is 36.6 Å². The largest absolute Gasteiger partial charge is 0.488 e. The summed E-state index contributed by atoms with van der Waals surface area (Å²) in [5.74, 6) is 0.832. The van der Waals surface area contributed by atoms with Crippen LogP contribution >= 0.6 is 22.9 Å². The second kappa shape index (κ2) is 9.76. The third-order valence-electron chi connectivity index (χ3n) is 5.29. The van der Waals surface area contributed by atoms with Gasteiger partial charge in [0.1, 0.15) is 12.4 Å². The zero-order valence-corrected chi connectivity index (χ0v) is 18.4. The molecule has 2 heterocycles. The number of ether oxygens (including phenoxy) is 2. The lowest BCUT2D eigenvalue weighted by Crippen LogP contribution is -2.00. The van der Waals surface area contributed by atoms with E-state index in [4.69, 9.17) is 26.1 Å². The van der Waals surface area contributed by atoms with E-state index in [2.05, 4.69) is 14.7 Å². The Bertz CT molecular complexity index is 1040. The second-order valence-corrected chi connectivity index (χ2v) is 8.94. The van der Waals surface area contributed by atoms with Gasteiger partial charge in [0.2, 0.25) is 0 Å². The molecule has 1 N–H and O–H groups in total. The van der Waals surface area contributed by atoms with Crippen LogP contribution in [0.25, 0.3) is 11.4 Å². The van der Waals surface area contributed by atoms with Crippen molar-refractivity contribution in [2.45, 2.75) is 57.7 Å². The van der Waals surface area contributed by atoms with Crippen LogP contribution in [0.2, 0.25) is 5.02 Å². The molecule has 0 saturated heterocycles. The molecule has 0 bridgehead atoms. The van der Waals surface area contributed by atoms with Gasteiger partial charge in [0.15, 0.2) is 5.82 Å². The Hall–Kier alpha value is -2.16. The molecule has 0 amide bonds. The molecule has 4 rings (SSSR count). The minimum Gasteiger partial charge on any atom is -0.488 e. The van der Waals surface area contributed by atoms with Gasteiger partial charge in [0.25, 0.3) is 0 Å². The van der Waals surface area contributed by atoms with Gasteiger partial charge in [-0.3, -0.25) is 9.51 Å². The standard InChI is InChI=1S/C21H24ClN3O4S/c1-27-11-17-18(30-20(23-17)13-6-4-2-3-5-7-13)12-28-14-8-9-15(16(22)10-14)19-24-21(26)29-25-19/h8-10,13H,2-7,11-12H2,1H3,(H,24,25,26). The van der Waals surface area contributed by atoms with Crippen LogP contribution in [0, 0.1) is 0 Å². The molecule has 0 unspecified atom stereocenters. The second-order valence-electron chi connectivity index (χ2n) is 7.42. The molecule has 0 radical (unpaired) electrons. The lowest BCUT2D eigenvalue weighted by Gasteiger charge is -2.09. The lowest BCUT2D eigenvalue weighted by atomic mass is 10.0. The predicted octanol–water partition coefficient (Wildman–Crippen LogP) is 5.30. The monoisotopic (exact) mass is 449 g/mol. The molecule has 3 aromatic rings. The summed E-state index contributed by atoms with van der Waals surface area (Å²) in [4.78, 5) is 19.6. The molecule has 7 nitrogen and oxygen atoms in total. The summed E-state index contributed by atoms with van der Waals surface area (Å²) < 4.78 is 15.9. The van der Waals surface area contributed by atoms with Crippen LogP contribution in [-0.4, -0.2) is 22.2 Å². The number of nitrogens with zero attached hydrogens (tertiary/aromatic N) is 2. The number of H-pyrrole nitrogens is 1. The summed E-state index contributed by atoms with van der Waals surface area (Å²) in [5, 5.41) is 5.28. The van der Waals surface area contributed by atoms with E-state index in [-0.39, 0.29) is 5.82 Å². The molecule has 1 aliphatic carbocycles. The van der Waals surface area contributed by atoms with Gasteiger partial charge in [-0.25, -0.2) is 9.78 Å². The first-order valence-corrected chi connectivity index (χ1v) is 11.3. The minimum absolute atomic E-state index is 0.287. The van der Waals surface area contributed by atoms with Gasteiger partial charge in [-0.1, -0.05) is 42.4 Å². The topological polar surface area (TPSA) is 90.2 Å². The van der Waals surface area contributed by atoms with Crippen molar-refractivity contribution in [3.05, 3.63) is 49.4 Å². The van der Waals surface area contributed by atoms with E-state index in [9.17, 15) is 4.79 Å². The Labute approximate surface area is 183 Å². The van der Waals surface area contributed by atoms with E-state index in [0.717, 1.165) is 10.6 Å². The van der Waals surface area contributed by atoms with Crippen LogP contribution in [-0.2, 0) is 18.0 Å². The fourth-order valence-corrected chi connectivity index (χ4v) is 5.15. The Morgan fingerprint density at radius 1 is 1.23 bits per heavy atom. The van der Waals surface area contributed by atoms with E-state index in [1.807, 2.05) is 0 Å². The van der Waals surface area contributed by atoms with Crippen LogP contribution in [0.15, 0.2) is 27.5 Å². The Morgan fingerprint density at radius 2 is 2.03 bits per heavy atom. The molecule has 1 saturated carbocycles. The van der Waals surface area contributed by atoms with Crippen LogP contribution in [0.4, 0.5) is 0 Å². The summed E-state index contributed by atoms with van der Waals surface area (Å²) in [6.45, 7) is 0.876. The highest BCUT2D eigenvalue weighted by molar-refractivity contribution is 7.11. The van der Waals surface area contributed by atoms with E-state index >= 15 is 0 Å². The number of thiazole rings is 1. The number of nitrogens with one attached hydrogen (secondary N) is 1. The van der Waals surface area contributed by atoms with Gasteiger partial charge in [0.05, 0.1) is 27.2 Å². The summed E-state index contributed by atoms with van der Waals surface area (Å²) >= 11 is 8.07. The number of hydrogen-bond donors (Lipinski definition) is 1. The number of rotatable bonds is 7. The molecule has 2 aromatic heterocycles. The Kier molecular flexibility index (Phi) is 6.86. The zero-order chi connectivity index (χ0) is 20.9. The van der Waals surface area contributed by atoms with E-state index in [0.29, 0.717) is 35.5 Å². The molecule has 0 spiro atoms. The van der Waals surface area contributed by atoms with Crippen molar-refractivity contribution < 1.29 is 14.0 Å². The first-order chi connectivity index (χ1) is 14.6. The molecule has 0 atom stereocenters. The highest BCUT2D eigenvalue weighted by Gasteiger charge is 2.21. The number of halogens is 1. The van der Waals surface area contributed by atoms with Gasteiger partial charge >= 0.3 is 5.76 Å². The maximum absolute atomic E-state index is 11.2. The maximum atomic E-state index is 11.2. The molecule has 1 aromatic carbocycles. The van der Waals surface area contributed by atoms with Crippen LogP contribution in [0.1, 0.15) is 60.0 Å². The minimum atomic E-state index is -0.623. The number of aromatic nitrogens is 3. The summed E-state index contributed by atoms with van der Waals surface area (Å²) in [6, 6.07) is 5.23. The SMILES string of the molecule is COCc1nc(C2CCCCCC2)sc1COc1ccc(-c2noc(=O)[nH]2)c(Cl)c1. The van der Waals surface area contributed by atoms with Crippen molar-refractivity contribution in [2.24, 2.45) is 0 Å². The Morgan fingerprint density at radius 3 is 2.70 bits per heavy atom. The fraction of sp³-hybridized carbons (Fsp3) is 0.476. The van der Waals surface area contributed by atoms with Gasteiger partial charge in [-0.15, -0.1) is 11.3 Å². The summed E-state index contributed by atoms with van der Waals surface area (Å²) in [6.07, 6.45) is 7.61. The molecule has 160 valence electrons. The van der Waals surface area contributed by atoms with Crippen LogP contribution in [0.3, 0.4) is 0 Å². The average molecular weight is 450 g/mol. The smallest absolute Gasteiger partial charge is 0.439 e. The van der Waals surface area contributed by atoms with Gasteiger partial charge in [0, 0.05) is 18.6 Å². The van der Waals surface area contributed by atoms with Gasteiger partial charge in [-0.2, -0.15) is 0 Å². The van der Waals surface area contributed by atoms with Crippen molar-refractivity contribution in [3.8, 4) is 17.1 Å². The first-order valence-electron chi connectivity index (χ1n) is 10.1. The van der Waals surface area contributed by atoms with Crippen molar-refractivity contribution in [1.29, 1.82) is 0 Å². The quantitative estimate of drug-likeness (QED) is 0.492. The molecule has 30 heavy (non-hydrogen) atoms. The Balaban J connectivity index is 1.48. The molecule has 9 heteroatoms. The fourth-order valence-electron chi connectivity index (χ4n) is 3.74. The lowest BCUT2D eigenvalue weighted by molar-refractivity contribution is 0.179. The number of benzene rings is 1. The highest BCUT2D eigenvalue weighted by Crippen LogP contribution is 2.36. The third-order valence-corrected chi connectivity index (χ3v) is 6.83. The average Bonchev–Trinajstić information content (AvgIpc) is 3.23.